The Labute approximate surface area is 330 Å². The van der Waals surface area contributed by atoms with Crippen molar-refractivity contribution in [1.82, 2.24) is 30.0 Å². The molecule has 0 radical (unpaired) electrons. The number of benzene rings is 3. The molecule has 0 atom stereocenters. The first-order valence-corrected chi connectivity index (χ1v) is 20.0. The van der Waals surface area contributed by atoms with Crippen LogP contribution in [0.25, 0.3) is 0 Å². The van der Waals surface area contributed by atoms with Gasteiger partial charge in [-0.05, 0) is 83.9 Å². The van der Waals surface area contributed by atoms with Gasteiger partial charge in [-0.1, -0.05) is 18.2 Å². The van der Waals surface area contributed by atoms with E-state index in [1.54, 1.807) is 48.7 Å². The van der Waals surface area contributed by atoms with Crippen molar-refractivity contribution in [1.29, 1.82) is 0 Å². The number of carbonyl (C=O) groups excluding carboxylic acids is 2. The zero-order chi connectivity index (χ0) is 41.3. The van der Waals surface area contributed by atoms with Crippen molar-refractivity contribution in [2.45, 2.75) is 29.4 Å². The summed E-state index contributed by atoms with van der Waals surface area (Å²) >= 11 is 0. The van der Waals surface area contributed by atoms with Crippen LogP contribution in [0.2, 0.25) is 0 Å². The van der Waals surface area contributed by atoms with Crippen LogP contribution in [0.15, 0.2) is 144 Å². The summed E-state index contributed by atoms with van der Waals surface area (Å²) in [6.45, 7) is -0.325. The minimum atomic E-state index is -4.44. The van der Waals surface area contributed by atoms with Crippen molar-refractivity contribution >= 4 is 49.2 Å². The standard InChI is InChI=1S/C38H32F3N9O6S2/c39-34-19-30(20-35(40)36(34)41)48-58(55,56)33-12-8-28(9-13-33)47-38(52)49(25-27-6-4-17-43-22-27)50(37(51)45-23-26-5-3-16-42-21-26)31-10-14-32(15-11-31)57(53,54)46-24-29-7-1-2-18-44-29/h1-22,46,48H,23-25H2,(H,45,51)(H,47,52). The number of aromatic nitrogens is 3. The largest absolute Gasteiger partial charge is 0.341 e. The summed E-state index contributed by atoms with van der Waals surface area (Å²) in [5, 5.41) is 7.41. The molecular formula is C38H32F3N9O6S2. The van der Waals surface area contributed by atoms with Crippen LogP contribution in [-0.4, -0.2) is 48.9 Å². The highest BCUT2D eigenvalue weighted by molar-refractivity contribution is 7.92. The van der Waals surface area contributed by atoms with E-state index in [-0.39, 0.29) is 40.8 Å². The molecule has 0 fully saturated rings. The number of hydrazine groups is 1. The van der Waals surface area contributed by atoms with E-state index < -0.39 is 55.2 Å². The lowest BCUT2D eigenvalue weighted by atomic mass is 10.2. The SMILES string of the molecule is O=C(Nc1ccc(S(=O)(=O)Nc2cc(F)c(F)c(F)c2)cc1)N(Cc1cccnc1)N(C(=O)NCc1cccnc1)c1ccc(S(=O)(=O)NCc2ccccn2)cc1. The number of nitrogens with one attached hydrogen (secondary N) is 4. The highest BCUT2D eigenvalue weighted by Crippen LogP contribution is 2.25. The Morgan fingerprint density at radius 1 is 0.638 bits per heavy atom. The first-order valence-electron chi connectivity index (χ1n) is 17.0. The number of nitrogens with zero attached hydrogens (tertiary/aromatic N) is 5. The number of halogens is 3. The first kappa shape index (κ1) is 40.8. The maximum atomic E-state index is 14.2. The third kappa shape index (κ3) is 10.3. The summed E-state index contributed by atoms with van der Waals surface area (Å²) in [5.74, 6) is -4.96. The van der Waals surface area contributed by atoms with Crippen LogP contribution in [0.1, 0.15) is 16.8 Å². The van der Waals surface area contributed by atoms with Crippen molar-refractivity contribution in [3.8, 4) is 0 Å². The summed E-state index contributed by atoms with van der Waals surface area (Å²) in [6, 6.07) is 20.9. The van der Waals surface area contributed by atoms with Gasteiger partial charge in [0, 0.05) is 55.3 Å². The van der Waals surface area contributed by atoms with E-state index in [4.69, 9.17) is 0 Å². The number of pyridine rings is 3. The maximum Gasteiger partial charge on any atom is 0.341 e. The van der Waals surface area contributed by atoms with Crippen LogP contribution in [0.3, 0.4) is 0 Å². The van der Waals surface area contributed by atoms with E-state index in [0.29, 0.717) is 29.0 Å². The van der Waals surface area contributed by atoms with Crippen molar-refractivity contribution in [2.75, 3.05) is 15.0 Å². The molecule has 6 aromatic rings. The van der Waals surface area contributed by atoms with E-state index in [2.05, 4.69) is 30.3 Å². The number of hydrogen-bond acceptors (Lipinski definition) is 9. The zero-order valence-electron chi connectivity index (χ0n) is 30.0. The van der Waals surface area contributed by atoms with E-state index >= 15 is 0 Å². The van der Waals surface area contributed by atoms with Gasteiger partial charge in [0.15, 0.2) is 17.5 Å². The molecule has 0 unspecified atom stereocenters. The molecule has 298 valence electrons. The second-order valence-electron chi connectivity index (χ2n) is 12.2. The Bertz CT molecular complexity index is 2580. The molecule has 0 aliphatic rings. The molecular weight excluding hydrogens is 800 g/mol. The number of urea groups is 2. The average Bonchev–Trinajstić information content (AvgIpc) is 3.22. The summed E-state index contributed by atoms with van der Waals surface area (Å²) < 4.78 is 97.6. The number of amides is 4. The summed E-state index contributed by atoms with van der Waals surface area (Å²) in [5.41, 5.74) is 1.19. The van der Waals surface area contributed by atoms with Gasteiger partial charge >= 0.3 is 12.1 Å². The summed E-state index contributed by atoms with van der Waals surface area (Å²) in [7, 11) is -8.48. The predicted molar refractivity (Wildman–Crippen MR) is 206 cm³/mol. The molecule has 20 heteroatoms. The van der Waals surface area contributed by atoms with Crippen LogP contribution in [0, 0.1) is 17.5 Å². The molecule has 3 aromatic heterocycles. The van der Waals surface area contributed by atoms with E-state index in [0.717, 1.165) is 22.2 Å². The van der Waals surface area contributed by atoms with Gasteiger partial charge in [0.2, 0.25) is 10.0 Å². The molecule has 0 saturated carbocycles. The second-order valence-corrected chi connectivity index (χ2v) is 15.7. The molecule has 58 heavy (non-hydrogen) atoms. The van der Waals surface area contributed by atoms with E-state index in [1.807, 2.05) is 4.72 Å². The maximum absolute atomic E-state index is 14.2. The highest BCUT2D eigenvalue weighted by atomic mass is 32.2. The van der Waals surface area contributed by atoms with Gasteiger partial charge in [0.05, 0.1) is 39.9 Å². The van der Waals surface area contributed by atoms with Gasteiger partial charge in [-0.3, -0.25) is 19.7 Å². The quantitative estimate of drug-likeness (QED) is 0.0806. The Morgan fingerprint density at radius 2 is 1.26 bits per heavy atom. The lowest BCUT2D eigenvalue weighted by molar-refractivity contribution is 0.194. The lowest BCUT2D eigenvalue weighted by Gasteiger charge is -2.35. The van der Waals surface area contributed by atoms with Crippen molar-refractivity contribution in [2.24, 2.45) is 0 Å². The fourth-order valence-electron chi connectivity index (χ4n) is 5.27. The third-order valence-electron chi connectivity index (χ3n) is 8.10. The number of carbonyl (C=O) groups is 2. The Balaban J connectivity index is 1.29. The fraction of sp³-hybridized carbons (Fsp3) is 0.0789. The van der Waals surface area contributed by atoms with Crippen molar-refractivity contribution in [3.63, 3.8) is 0 Å². The molecule has 0 aliphatic carbocycles. The van der Waals surface area contributed by atoms with Gasteiger partial charge in [0.25, 0.3) is 10.0 Å². The van der Waals surface area contributed by atoms with Gasteiger partial charge < -0.3 is 10.6 Å². The summed E-state index contributed by atoms with van der Waals surface area (Å²) in [6.07, 6.45) is 7.62. The second kappa shape index (κ2) is 17.9. The Hall–Kier alpha value is -6.90. The molecule has 3 aromatic carbocycles. The van der Waals surface area contributed by atoms with Crippen LogP contribution in [-0.2, 0) is 39.7 Å². The molecule has 0 aliphatic heterocycles. The smallest absolute Gasteiger partial charge is 0.332 e. The van der Waals surface area contributed by atoms with Crippen LogP contribution in [0.5, 0.6) is 0 Å². The van der Waals surface area contributed by atoms with E-state index in [1.165, 1.54) is 61.2 Å². The van der Waals surface area contributed by atoms with Gasteiger partial charge in [-0.2, -0.15) is 5.01 Å². The minimum absolute atomic E-state index is 0.00337. The molecule has 0 spiro atoms. The van der Waals surface area contributed by atoms with Crippen LogP contribution >= 0.6 is 0 Å². The molecule has 15 nitrogen and oxygen atoms in total. The molecule has 6 rings (SSSR count). The minimum Gasteiger partial charge on any atom is -0.332 e. The normalized spacial score (nSPS) is 11.4. The zero-order valence-corrected chi connectivity index (χ0v) is 31.6. The van der Waals surface area contributed by atoms with Crippen LogP contribution in [0.4, 0.5) is 39.8 Å². The lowest BCUT2D eigenvalue weighted by Crippen LogP contribution is -2.54. The van der Waals surface area contributed by atoms with Gasteiger partial charge in [0.1, 0.15) is 0 Å². The molecule has 3 heterocycles. The van der Waals surface area contributed by atoms with Crippen molar-refractivity contribution < 1.29 is 39.6 Å². The molecule has 0 saturated heterocycles. The van der Waals surface area contributed by atoms with Crippen molar-refractivity contribution in [3.05, 3.63) is 168 Å². The van der Waals surface area contributed by atoms with Crippen LogP contribution < -0.4 is 25.1 Å². The third-order valence-corrected chi connectivity index (χ3v) is 10.9. The Kier molecular flexibility index (Phi) is 12.6. The number of rotatable bonds is 13. The highest BCUT2D eigenvalue weighted by Gasteiger charge is 2.29. The number of sulfonamides is 2. The molecule has 4 N–H and O–H groups in total. The average molecular weight is 832 g/mol. The van der Waals surface area contributed by atoms with E-state index in [9.17, 15) is 39.6 Å². The number of anilines is 3. The Morgan fingerprint density at radius 3 is 1.86 bits per heavy atom. The number of hydrogen-bond donors (Lipinski definition) is 4. The predicted octanol–water partition coefficient (Wildman–Crippen LogP) is 5.93. The summed E-state index contributed by atoms with van der Waals surface area (Å²) in [4.78, 5) is 40.0. The fourth-order valence-corrected chi connectivity index (χ4v) is 7.31. The van der Waals surface area contributed by atoms with Gasteiger partial charge in [-0.25, -0.2) is 49.3 Å². The van der Waals surface area contributed by atoms with Gasteiger partial charge in [-0.15, -0.1) is 0 Å². The topological polar surface area (TPSA) is 196 Å². The monoisotopic (exact) mass is 831 g/mol. The molecule has 0 bridgehead atoms. The first-order chi connectivity index (χ1) is 27.8. The molecule has 4 amide bonds.